The number of hydrogen-bond acceptors (Lipinski definition) is 4. The van der Waals surface area contributed by atoms with Gasteiger partial charge in [0.15, 0.2) is 5.65 Å². The highest BCUT2D eigenvalue weighted by Gasteiger charge is 2.24. The second-order valence-corrected chi connectivity index (χ2v) is 4.54. The molecule has 0 aromatic carbocycles. The Morgan fingerprint density at radius 2 is 2.12 bits per heavy atom. The van der Waals surface area contributed by atoms with Crippen molar-refractivity contribution in [3.8, 4) is 5.88 Å². The standard InChI is InChI=1S/C11H13N3O2/c1-11(2,3)10(15)16-9-7-13-8-6-12-4-5-14(8)9/h4-7H,1-3H3. The Morgan fingerprint density at radius 3 is 2.81 bits per heavy atom. The lowest BCUT2D eigenvalue weighted by molar-refractivity contribution is -0.143. The van der Waals surface area contributed by atoms with Crippen LogP contribution in [0.5, 0.6) is 5.88 Å². The first kappa shape index (κ1) is 10.6. The van der Waals surface area contributed by atoms with Gasteiger partial charge < -0.3 is 4.74 Å². The summed E-state index contributed by atoms with van der Waals surface area (Å²) >= 11 is 0. The fraction of sp³-hybridized carbons (Fsp3) is 0.364. The molecule has 0 aliphatic heterocycles. The monoisotopic (exact) mass is 219 g/mol. The predicted octanol–water partition coefficient (Wildman–Crippen LogP) is 1.68. The van der Waals surface area contributed by atoms with Crippen LogP contribution < -0.4 is 4.74 Å². The topological polar surface area (TPSA) is 56.5 Å². The van der Waals surface area contributed by atoms with E-state index in [2.05, 4.69) is 9.97 Å². The van der Waals surface area contributed by atoms with Crippen LogP contribution in [-0.4, -0.2) is 20.3 Å². The summed E-state index contributed by atoms with van der Waals surface area (Å²) in [6, 6.07) is 0. The van der Waals surface area contributed by atoms with E-state index < -0.39 is 5.41 Å². The van der Waals surface area contributed by atoms with Gasteiger partial charge in [-0.05, 0) is 20.8 Å². The van der Waals surface area contributed by atoms with Gasteiger partial charge in [0.2, 0.25) is 5.88 Å². The Kier molecular flexibility index (Phi) is 2.38. The second kappa shape index (κ2) is 3.59. The Labute approximate surface area is 93.1 Å². The van der Waals surface area contributed by atoms with Gasteiger partial charge in [-0.3, -0.25) is 14.2 Å². The van der Waals surface area contributed by atoms with Crippen LogP contribution in [-0.2, 0) is 4.79 Å². The average molecular weight is 219 g/mol. The molecule has 0 amide bonds. The Morgan fingerprint density at radius 1 is 1.38 bits per heavy atom. The molecule has 2 heterocycles. The minimum absolute atomic E-state index is 0.286. The molecule has 5 heteroatoms. The van der Waals surface area contributed by atoms with Gasteiger partial charge in [0.25, 0.3) is 0 Å². The maximum absolute atomic E-state index is 11.7. The number of nitrogens with zero attached hydrogens (tertiary/aromatic N) is 3. The first-order chi connectivity index (χ1) is 7.48. The molecule has 5 nitrogen and oxygen atoms in total. The van der Waals surface area contributed by atoms with E-state index in [1.165, 1.54) is 6.20 Å². The van der Waals surface area contributed by atoms with Gasteiger partial charge in [-0.15, -0.1) is 0 Å². The van der Waals surface area contributed by atoms with Crippen LogP contribution >= 0.6 is 0 Å². The minimum atomic E-state index is -0.531. The summed E-state index contributed by atoms with van der Waals surface area (Å²) in [6.45, 7) is 5.42. The van der Waals surface area contributed by atoms with E-state index in [0.29, 0.717) is 11.5 Å². The fourth-order valence-corrected chi connectivity index (χ4v) is 1.14. The fourth-order valence-electron chi connectivity index (χ4n) is 1.14. The normalized spacial score (nSPS) is 11.7. The molecular formula is C11H13N3O2. The van der Waals surface area contributed by atoms with E-state index in [9.17, 15) is 4.79 Å². The van der Waals surface area contributed by atoms with E-state index in [1.54, 1.807) is 43.8 Å². The lowest BCUT2D eigenvalue weighted by Gasteiger charge is -2.15. The number of carbonyl (C=O) groups excluding carboxylic acids is 1. The maximum atomic E-state index is 11.7. The molecule has 0 aliphatic rings. The largest absolute Gasteiger partial charge is 0.407 e. The van der Waals surface area contributed by atoms with Crippen molar-refractivity contribution in [2.24, 2.45) is 5.41 Å². The van der Waals surface area contributed by atoms with Crippen LogP contribution in [0.25, 0.3) is 5.65 Å². The summed E-state index contributed by atoms with van der Waals surface area (Å²) in [6.07, 6.45) is 6.44. The highest BCUT2D eigenvalue weighted by Crippen LogP contribution is 2.19. The van der Waals surface area contributed by atoms with Gasteiger partial charge in [-0.25, -0.2) is 4.98 Å². The van der Waals surface area contributed by atoms with Gasteiger partial charge in [-0.2, -0.15) is 0 Å². The van der Waals surface area contributed by atoms with Crippen molar-refractivity contribution in [3.05, 3.63) is 24.8 Å². The summed E-state index contributed by atoms with van der Waals surface area (Å²) < 4.78 is 6.94. The molecular weight excluding hydrogens is 206 g/mol. The summed E-state index contributed by atoms with van der Waals surface area (Å²) in [5.41, 5.74) is 0.121. The molecule has 0 bridgehead atoms. The van der Waals surface area contributed by atoms with Gasteiger partial charge in [0.1, 0.15) is 0 Å². The SMILES string of the molecule is CC(C)(C)C(=O)Oc1cnc2cnccn12. The van der Waals surface area contributed by atoms with Crippen molar-refractivity contribution in [1.29, 1.82) is 0 Å². The zero-order valence-electron chi connectivity index (χ0n) is 9.47. The van der Waals surface area contributed by atoms with Crippen molar-refractivity contribution in [2.75, 3.05) is 0 Å². The third-order valence-corrected chi connectivity index (χ3v) is 2.09. The van der Waals surface area contributed by atoms with Crippen LogP contribution in [0, 0.1) is 5.41 Å². The van der Waals surface area contributed by atoms with Crippen LogP contribution in [0.2, 0.25) is 0 Å². The molecule has 0 unspecified atom stereocenters. The van der Waals surface area contributed by atoms with Gasteiger partial charge in [0.05, 0.1) is 17.8 Å². The molecule has 0 N–H and O–H groups in total. The number of fused-ring (bicyclic) bond motifs is 1. The van der Waals surface area contributed by atoms with Gasteiger partial charge in [-0.1, -0.05) is 0 Å². The van der Waals surface area contributed by atoms with Crippen LogP contribution in [0.15, 0.2) is 24.8 Å². The van der Waals surface area contributed by atoms with Crippen LogP contribution in [0.3, 0.4) is 0 Å². The van der Waals surface area contributed by atoms with E-state index >= 15 is 0 Å². The zero-order valence-corrected chi connectivity index (χ0v) is 9.47. The van der Waals surface area contributed by atoms with Crippen molar-refractivity contribution >= 4 is 11.6 Å². The van der Waals surface area contributed by atoms with Crippen LogP contribution in [0.4, 0.5) is 0 Å². The summed E-state index contributed by atoms with van der Waals surface area (Å²) in [5.74, 6) is 0.128. The van der Waals surface area contributed by atoms with Crippen molar-refractivity contribution < 1.29 is 9.53 Å². The third-order valence-electron chi connectivity index (χ3n) is 2.09. The molecule has 2 aromatic rings. The molecule has 0 aliphatic carbocycles. The number of hydrogen-bond donors (Lipinski definition) is 0. The molecule has 0 atom stereocenters. The molecule has 0 radical (unpaired) electrons. The lowest BCUT2D eigenvalue weighted by atomic mass is 9.97. The van der Waals surface area contributed by atoms with Gasteiger partial charge >= 0.3 is 5.97 Å². The quantitative estimate of drug-likeness (QED) is 0.685. The predicted molar refractivity (Wildman–Crippen MR) is 58.1 cm³/mol. The molecule has 2 rings (SSSR count). The molecule has 16 heavy (non-hydrogen) atoms. The molecule has 0 saturated heterocycles. The van der Waals surface area contributed by atoms with Crippen molar-refractivity contribution in [1.82, 2.24) is 14.4 Å². The lowest BCUT2D eigenvalue weighted by Crippen LogP contribution is -2.26. The number of rotatable bonds is 1. The van der Waals surface area contributed by atoms with E-state index in [-0.39, 0.29) is 5.97 Å². The molecule has 0 spiro atoms. The molecule has 84 valence electrons. The Bertz CT molecular complexity index is 525. The van der Waals surface area contributed by atoms with Crippen LogP contribution in [0.1, 0.15) is 20.8 Å². The summed E-state index contributed by atoms with van der Waals surface area (Å²) in [5, 5.41) is 0. The molecule has 0 saturated carbocycles. The number of carbonyl (C=O) groups is 1. The number of ether oxygens (including phenoxy) is 1. The van der Waals surface area contributed by atoms with Crippen molar-refractivity contribution in [2.45, 2.75) is 20.8 Å². The smallest absolute Gasteiger partial charge is 0.317 e. The summed E-state index contributed by atoms with van der Waals surface area (Å²) in [4.78, 5) is 19.7. The number of esters is 1. The zero-order chi connectivity index (χ0) is 11.8. The summed E-state index contributed by atoms with van der Waals surface area (Å²) in [7, 11) is 0. The Hall–Kier alpha value is -1.91. The maximum Gasteiger partial charge on any atom is 0.317 e. The number of aromatic nitrogens is 3. The average Bonchev–Trinajstić information content (AvgIpc) is 2.61. The second-order valence-electron chi connectivity index (χ2n) is 4.54. The van der Waals surface area contributed by atoms with E-state index in [1.807, 2.05) is 0 Å². The first-order valence-corrected chi connectivity index (χ1v) is 4.98. The highest BCUT2D eigenvalue weighted by molar-refractivity contribution is 5.77. The first-order valence-electron chi connectivity index (χ1n) is 4.98. The van der Waals surface area contributed by atoms with Crippen molar-refractivity contribution in [3.63, 3.8) is 0 Å². The van der Waals surface area contributed by atoms with Gasteiger partial charge in [0, 0.05) is 12.4 Å². The minimum Gasteiger partial charge on any atom is -0.407 e. The van der Waals surface area contributed by atoms with E-state index in [0.717, 1.165) is 0 Å². The Balaban J connectivity index is 2.32. The molecule has 0 fully saturated rings. The highest BCUT2D eigenvalue weighted by atomic mass is 16.5. The molecule has 2 aromatic heterocycles. The number of imidazole rings is 1. The third kappa shape index (κ3) is 1.88. The van der Waals surface area contributed by atoms with E-state index in [4.69, 9.17) is 4.74 Å².